The minimum Gasteiger partial charge on any atom is -0.489 e. The van der Waals surface area contributed by atoms with E-state index in [4.69, 9.17) is 16.3 Å². The summed E-state index contributed by atoms with van der Waals surface area (Å²) in [6, 6.07) is 11.6. The van der Waals surface area contributed by atoms with Crippen molar-refractivity contribution in [3.63, 3.8) is 0 Å². The van der Waals surface area contributed by atoms with Crippen LogP contribution >= 0.6 is 27.5 Å². The predicted octanol–water partition coefficient (Wildman–Crippen LogP) is 4.82. The minimum absolute atomic E-state index is 0.248. The van der Waals surface area contributed by atoms with Crippen molar-refractivity contribution < 1.29 is 9.13 Å². The summed E-state index contributed by atoms with van der Waals surface area (Å²) in [5, 5.41) is 0.503. The molecule has 0 bridgehead atoms. The topological polar surface area (TPSA) is 9.23 Å². The van der Waals surface area contributed by atoms with Crippen LogP contribution < -0.4 is 4.74 Å². The third-order valence-corrected chi connectivity index (χ3v) is 3.11. The number of hydrogen-bond donors (Lipinski definition) is 0. The zero-order valence-corrected chi connectivity index (χ0v) is 11.1. The summed E-state index contributed by atoms with van der Waals surface area (Å²) >= 11 is 9.27. The molecule has 88 valence electrons. The van der Waals surface area contributed by atoms with Crippen LogP contribution in [0.3, 0.4) is 0 Å². The first kappa shape index (κ1) is 12.4. The molecule has 1 nitrogen and oxygen atoms in total. The first-order chi connectivity index (χ1) is 8.15. The lowest BCUT2D eigenvalue weighted by atomic mass is 10.2. The van der Waals surface area contributed by atoms with E-state index in [0.29, 0.717) is 16.3 Å². The van der Waals surface area contributed by atoms with Crippen LogP contribution in [0.1, 0.15) is 5.56 Å². The van der Waals surface area contributed by atoms with Gasteiger partial charge in [-0.15, -0.1) is 0 Å². The Morgan fingerprint density at radius 1 is 1.12 bits per heavy atom. The quantitative estimate of drug-likeness (QED) is 0.789. The van der Waals surface area contributed by atoms with Crippen LogP contribution in [0.2, 0.25) is 5.02 Å². The Morgan fingerprint density at radius 3 is 2.53 bits per heavy atom. The van der Waals surface area contributed by atoms with Gasteiger partial charge in [0.25, 0.3) is 0 Å². The van der Waals surface area contributed by atoms with E-state index >= 15 is 0 Å². The van der Waals surface area contributed by atoms with Gasteiger partial charge >= 0.3 is 0 Å². The number of benzene rings is 2. The molecule has 0 radical (unpaired) electrons. The predicted molar refractivity (Wildman–Crippen MR) is 69.9 cm³/mol. The van der Waals surface area contributed by atoms with Gasteiger partial charge in [-0.2, -0.15) is 0 Å². The molecule has 0 heterocycles. The third-order valence-electron chi connectivity index (χ3n) is 2.22. The van der Waals surface area contributed by atoms with Gasteiger partial charge in [-0.05, 0) is 42.5 Å². The molecule has 0 aromatic heterocycles. The largest absolute Gasteiger partial charge is 0.489 e. The van der Waals surface area contributed by atoms with Crippen molar-refractivity contribution in [2.24, 2.45) is 0 Å². The Kier molecular flexibility index (Phi) is 4.02. The molecular weight excluding hydrogens is 306 g/mol. The molecule has 0 spiro atoms. The number of rotatable bonds is 3. The molecule has 4 heteroatoms. The number of hydrogen-bond acceptors (Lipinski definition) is 1. The second-order valence-electron chi connectivity index (χ2n) is 3.48. The normalized spacial score (nSPS) is 10.3. The van der Waals surface area contributed by atoms with E-state index in [1.54, 1.807) is 0 Å². The fourth-order valence-corrected chi connectivity index (χ4v) is 1.78. The van der Waals surface area contributed by atoms with Crippen LogP contribution in [-0.4, -0.2) is 0 Å². The van der Waals surface area contributed by atoms with E-state index in [1.807, 2.05) is 24.3 Å². The van der Waals surface area contributed by atoms with Crippen molar-refractivity contribution >= 4 is 27.5 Å². The molecule has 0 atom stereocenters. The highest BCUT2D eigenvalue weighted by Crippen LogP contribution is 2.21. The molecule has 2 aromatic rings. The van der Waals surface area contributed by atoms with Gasteiger partial charge in [-0.25, -0.2) is 4.39 Å². The van der Waals surface area contributed by atoms with E-state index in [2.05, 4.69) is 15.9 Å². The summed E-state index contributed by atoms with van der Waals surface area (Å²) in [6.45, 7) is 0.248. The summed E-state index contributed by atoms with van der Waals surface area (Å²) in [5.74, 6) is 0.400. The Morgan fingerprint density at radius 2 is 1.82 bits per heavy atom. The molecule has 0 N–H and O–H groups in total. The standard InChI is InChI=1S/C13H9BrClFO/c14-10-1-4-12(5-2-10)17-8-9-7-11(16)3-6-13(9)15/h1-7H,8H2. The smallest absolute Gasteiger partial charge is 0.123 e. The SMILES string of the molecule is Fc1ccc(Cl)c(COc2ccc(Br)cc2)c1. The zero-order chi connectivity index (χ0) is 12.3. The molecule has 0 aliphatic carbocycles. The second-order valence-corrected chi connectivity index (χ2v) is 4.80. The summed E-state index contributed by atoms with van der Waals surface area (Å²) in [7, 11) is 0. The number of halogens is 3. The average Bonchev–Trinajstić information content (AvgIpc) is 2.32. The van der Waals surface area contributed by atoms with Gasteiger partial charge in [-0.1, -0.05) is 27.5 Å². The van der Waals surface area contributed by atoms with Crippen molar-refractivity contribution in [1.82, 2.24) is 0 Å². The molecule has 0 unspecified atom stereocenters. The van der Waals surface area contributed by atoms with Crippen LogP contribution in [0.4, 0.5) is 4.39 Å². The summed E-state index contributed by atoms with van der Waals surface area (Å²) < 4.78 is 19.5. The summed E-state index contributed by atoms with van der Waals surface area (Å²) in [6.07, 6.45) is 0. The molecule has 0 saturated carbocycles. The van der Waals surface area contributed by atoms with Crippen LogP contribution in [0.15, 0.2) is 46.9 Å². The molecule has 2 aromatic carbocycles. The highest BCUT2D eigenvalue weighted by Gasteiger charge is 2.03. The van der Waals surface area contributed by atoms with Gasteiger partial charge in [0.15, 0.2) is 0 Å². The van der Waals surface area contributed by atoms with Gasteiger partial charge in [0.1, 0.15) is 18.2 Å². The van der Waals surface area contributed by atoms with Crippen LogP contribution in [0.25, 0.3) is 0 Å². The monoisotopic (exact) mass is 314 g/mol. The fourth-order valence-electron chi connectivity index (χ4n) is 1.35. The fraction of sp³-hybridized carbons (Fsp3) is 0.0769. The van der Waals surface area contributed by atoms with Crippen molar-refractivity contribution in [3.8, 4) is 5.75 Å². The lowest BCUT2D eigenvalue weighted by Crippen LogP contribution is -1.96. The summed E-state index contributed by atoms with van der Waals surface area (Å²) in [5.41, 5.74) is 0.634. The van der Waals surface area contributed by atoms with Crippen molar-refractivity contribution in [1.29, 1.82) is 0 Å². The molecule has 0 aliphatic rings. The van der Waals surface area contributed by atoms with Gasteiger partial charge in [0.2, 0.25) is 0 Å². The molecule has 0 amide bonds. The van der Waals surface area contributed by atoms with Gasteiger partial charge < -0.3 is 4.74 Å². The maximum Gasteiger partial charge on any atom is 0.123 e. The van der Waals surface area contributed by atoms with Crippen LogP contribution in [0.5, 0.6) is 5.75 Å². The van der Waals surface area contributed by atoms with Crippen molar-refractivity contribution in [2.75, 3.05) is 0 Å². The van der Waals surface area contributed by atoms with Gasteiger partial charge in [-0.3, -0.25) is 0 Å². The maximum absolute atomic E-state index is 13.0. The van der Waals surface area contributed by atoms with E-state index in [9.17, 15) is 4.39 Å². The highest BCUT2D eigenvalue weighted by atomic mass is 79.9. The van der Waals surface area contributed by atoms with E-state index < -0.39 is 0 Å². The lowest BCUT2D eigenvalue weighted by Gasteiger charge is -2.07. The second kappa shape index (κ2) is 5.52. The van der Waals surface area contributed by atoms with Crippen LogP contribution in [0, 0.1) is 5.82 Å². The van der Waals surface area contributed by atoms with Crippen LogP contribution in [-0.2, 0) is 6.61 Å². The molecule has 2 rings (SSSR count). The molecule has 0 aliphatic heterocycles. The highest BCUT2D eigenvalue weighted by molar-refractivity contribution is 9.10. The Labute approximate surface area is 112 Å². The molecule has 0 saturated heterocycles. The molecular formula is C13H9BrClFO. The molecule has 0 fully saturated rings. The Hall–Kier alpha value is -1.06. The van der Waals surface area contributed by atoms with E-state index in [0.717, 1.165) is 4.47 Å². The minimum atomic E-state index is -0.316. The maximum atomic E-state index is 13.0. The van der Waals surface area contributed by atoms with Gasteiger partial charge in [0.05, 0.1) is 0 Å². The number of ether oxygens (including phenoxy) is 1. The van der Waals surface area contributed by atoms with Crippen molar-refractivity contribution in [3.05, 3.63) is 63.3 Å². The van der Waals surface area contributed by atoms with Crippen molar-refractivity contribution in [2.45, 2.75) is 6.61 Å². The van der Waals surface area contributed by atoms with E-state index in [-0.39, 0.29) is 12.4 Å². The Balaban J connectivity index is 2.07. The van der Waals surface area contributed by atoms with Gasteiger partial charge in [0, 0.05) is 15.1 Å². The lowest BCUT2D eigenvalue weighted by molar-refractivity contribution is 0.305. The Bertz CT molecular complexity index is 513. The first-order valence-electron chi connectivity index (χ1n) is 4.97. The summed E-state index contributed by atoms with van der Waals surface area (Å²) in [4.78, 5) is 0. The third kappa shape index (κ3) is 3.45. The first-order valence-corrected chi connectivity index (χ1v) is 6.14. The molecule has 17 heavy (non-hydrogen) atoms. The average molecular weight is 316 g/mol. The van der Waals surface area contributed by atoms with E-state index in [1.165, 1.54) is 18.2 Å². The zero-order valence-electron chi connectivity index (χ0n) is 8.79.